The van der Waals surface area contributed by atoms with Crippen LogP contribution in [0.15, 0.2) is 54.6 Å². The first-order valence-corrected chi connectivity index (χ1v) is 7.96. The molecule has 0 aromatic heterocycles. The van der Waals surface area contributed by atoms with Gasteiger partial charge in [0.15, 0.2) is 0 Å². The molecule has 0 aliphatic heterocycles. The Labute approximate surface area is 133 Å². The van der Waals surface area contributed by atoms with Crippen molar-refractivity contribution in [3.8, 4) is 11.1 Å². The molecule has 0 saturated heterocycles. The van der Waals surface area contributed by atoms with E-state index in [0.29, 0.717) is 0 Å². The van der Waals surface area contributed by atoms with Gasteiger partial charge in [-0.1, -0.05) is 56.3 Å². The van der Waals surface area contributed by atoms with E-state index in [4.69, 9.17) is 0 Å². The third-order valence-electron chi connectivity index (χ3n) is 3.52. The van der Waals surface area contributed by atoms with Gasteiger partial charge in [-0.25, -0.2) is 4.79 Å². The Hall–Kier alpha value is -2.29. The number of hydrogen-bond donors (Lipinski definition) is 1. The average molecular weight is 296 g/mol. The van der Waals surface area contributed by atoms with Crippen molar-refractivity contribution in [2.75, 3.05) is 18.4 Å². The maximum atomic E-state index is 12.3. The molecular weight excluding hydrogens is 272 g/mol. The first kappa shape index (κ1) is 16.1. The first-order chi connectivity index (χ1) is 10.7. The predicted molar refractivity (Wildman–Crippen MR) is 93.1 cm³/mol. The highest BCUT2D eigenvalue weighted by Gasteiger charge is 2.11. The quantitative estimate of drug-likeness (QED) is 0.798. The van der Waals surface area contributed by atoms with Gasteiger partial charge in [-0.05, 0) is 36.1 Å². The standard InChI is InChI=1S/C19H24N2O/c1-3-14-21(15-4-2)19(22)20-18-12-10-17(11-13-18)16-8-6-5-7-9-16/h5-13H,3-4,14-15H2,1-2H3,(H,20,22). The number of rotatable bonds is 6. The maximum Gasteiger partial charge on any atom is 0.321 e. The molecule has 0 fully saturated rings. The Morgan fingerprint density at radius 2 is 1.41 bits per heavy atom. The van der Waals surface area contributed by atoms with Crippen LogP contribution in [-0.2, 0) is 0 Å². The molecule has 0 atom stereocenters. The van der Waals surface area contributed by atoms with Gasteiger partial charge in [0.2, 0.25) is 0 Å². The summed E-state index contributed by atoms with van der Waals surface area (Å²) < 4.78 is 0. The minimum Gasteiger partial charge on any atom is -0.325 e. The van der Waals surface area contributed by atoms with Crippen LogP contribution in [0, 0.1) is 0 Å². The second kappa shape index (κ2) is 8.23. The van der Waals surface area contributed by atoms with Gasteiger partial charge in [-0.2, -0.15) is 0 Å². The van der Waals surface area contributed by atoms with E-state index in [1.54, 1.807) is 0 Å². The third kappa shape index (κ3) is 4.35. The highest BCUT2D eigenvalue weighted by Crippen LogP contribution is 2.21. The minimum atomic E-state index is -0.0174. The van der Waals surface area contributed by atoms with E-state index in [0.717, 1.165) is 37.2 Å². The lowest BCUT2D eigenvalue weighted by molar-refractivity contribution is 0.211. The summed E-state index contributed by atoms with van der Waals surface area (Å²) in [6.07, 6.45) is 1.95. The summed E-state index contributed by atoms with van der Waals surface area (Å²) >= 11 is 0. The zero-order chi connectivity index (χ0) is 15.8. The van der Waals surface area contributed by atoms with Crippen molar-refractivity contribution in [2.24, 2.45) is 0 Å². The molecule has 0 spiro atoms. The average Bonchev–Trinajstić information content (AvgIpc) is 2.56. The largest absolute Gasteiger partial charge is 0.325 e. The molecule has 3 heteroatoms. The molecule has 2 rings (SSSR count). The number of nitrogens with one attached hydrogen (secondary N) is 1. The molecule has 1 N–H and O–H groups in total. The van der Waals surface area contributed by atoms with Crippen LogP contribution in [0.2, 0.25) is 0 Å². The minimum absolute atomic E-state index is 0.0174. The molecule has 22 heavy (non-hydrogen) atoms. The van der Waals surface area contributed by atoms with Crippen molar-refractivity contribution < 1.29 is 4.79 Å². The molecule has 0 bridgehead atoms. The fourth-order valence-corrected chi connectivity index (χ4v) is 2.43. The van der Waals surface area contributed by atoms with E-state index >= 15 is 0 Å². The summed E-state index contributed by atoms with van der Waals surface area (Å²) in [4.78, 5) is 14.1. The fraction of sp³-hybridized carbons (Fsp3) is 0.316. The molecule has 0 heterocycles. The van der Waals surface area contributed by atoms with E-state index in [9.17, 15) is 4.79 Å². The number of amides is 2. The Kier molecular flexibility index (Phi) is 6.01. The second-order valence-electron chi connectivity index (χ2n) is 5.36. The number of benzene rings is 2. The molecule has 3 nitrogen and oxygen atoms in total. The van der Waals surface area contributed by atoms with Crippen molar-refractivity contribution in [2.45, 2.75) is 26.7 Å². The van der Waals surface area contributed by atoms with Gasteiger partial charge < -0.3 is 10.2 Å². The smallest absolute Gasteiger partial charge is 0.321 e. The molecule has 116 valence electrons. The number of hydrogen-bond acceptors (Lipinski definition) is 1. The van der Waals surface area contributed by atoms with Crippen molar-refractivity contribution in [3.63, 3.8) is 0 Å². The van der Waals surface area contributed by atoms with Crippen LogP contribution in [0.4, 0.5) is 10.5 Å². The molecule has 0 saturated carbocycles. The van der Waals surface area contributed by atoms with Crippen molar-refractivity contribution in [3.05, 3.63) is 54.6 Å². The molecule has 0 radical (unpaired) electrons. The summed E-state index contributed by atoms with van der Waals surface area (Å²) in [6, 6.07) is 18.2. The lowest BCUT2D eigenvalue weighted by atomic mass is 10.1. The van der Waals surface area contributed by atoms with E-state index in [-0.39, 0.29) is 6.03 Å². The Morgan fingerprint density at radius 3 is 1.95 bits per heavy atom. The maximum absolute atomic E-state index is 12.3. The molecule has 0 aliphatic carbocycles. The molecule has 2 aromatic carbocycles. The number of anilines is 1. The van der Waals surface area contributed by atoms with Crippen molar-refractivity contribution in [1.29, 1.82) is 0 Å². The van der Waals surface area contributed by atoms with Crippen molar-refractivity contribution >= 4 is 11.7 Å². The highest BCUT2D eigenvalue weighted by molar-refractivity contribution is 5.89. The number of nitrogens with zero attached hydrogens (tertiary/aromatic N) is 1. The summed E-state index contributed by atoms with van der Waals surface area (Å²) in [6.45, 7) is 5.76. The van der Waals surface area contributed by atoms with Crippen LogP contribution in [0.1, 0.15) is 26.7 Å². The summed E-state index contributed by atoms with van der Waals surface area (Å²) in [7, 11) is 0. The van der Waals surface area contributed by atoms with Gasteiger partial charge in [-0.15, -0.1) is 0 Å². The van der Waals surface area contributed by atoms with Gasteiger partial charge in [0.05, 0.1) is 0 Å². The first-order valence-electron chi connectivity index (χ1n) is 7.96. The van der Waals surface area contributed by atoms with Gasteiger partial charge in [0, 0.05) is 18.8 Å². The summed E-state index contributed by atoms with van der Waals surface area (Å²) in [5.74, 6) is 0. The monoisotopic (exact) mass is 296 g/mol. The Morgan fingerprint density at radius 1 is 0.864 bits per heavy atom. The van der Waals surface area contributed by atoms with Crippen molar-refractivity contribution in [1.82, 2.24) is 4.90 Å². The lowest BCUT2D eigenvalue weighted by Crippen LogP contribution is -2.36. The molecule has 2 aromatic rings. The number of urea groups is 1. The van der Waals surface area contributed by atoms with Gasteiger partial charge >= 0.3 is 6.03 Å². The molecular formula is C19H24N2O. The van der Waals surface area contributed by atoms with Crippen LogP contribution in [-0.4, -0.2) is 24.0 Å². The number of carbonyl (C=O) groups excluding carboxylic acids is 1. The third-order valence-corrected chi connectivity index (χ3v) is 3.52. The molecule has 0 aliphatic rings. The normalized spacial score (nSPS) is 10.3. The Balaban J connectivity index is 2.03. The molecule has 2 amide bonds. The van der Waals surface area contributed by atoms with E-state index < -0.39 is 0 Å². The van der Waals surface area contributed by atoms with Crippen LogP contribution in [0.25, 0.3) is 11.1 Å². The Bertz CT molecular complexity index is 572. The number of carbonyl (C=O) groups is 1. The van der Waals surface area contributed by atoms with Gasteiger partial charge in [0.1, 0.15) is 0 Å². The van der Waals surface area contributed by atoms with E-state index in [1.807, 2.05) is 47.4 Å². The SMILES string of the molecule is CCCN(CCC)C(=O)Nc1ccc(-c2ccccc2)cc1. The highest BCUT2D eigenvalue weighted by atomic mass is 16.2. The topological polar surface area (TPSA) is 32.3 Å². The van der Waals surface area contributed by atoms with E-state index in [1.165, 1.54) is 5.56 Å². The van der Waals surface area contributed by atoms with Crippen LogP contribution < -0.4 is 5.32 Å². The summed E-state index contributed by atoms with van der Waals surface area (Å²) in [5, 5.41) is 2.98. The van der Waals surface area contributed by atoms with Crippen LogP contribution in [0.3, 0.4) is 0 Å². The zero-order valence-corrected chi connectivity index (χ0v) is 13.4. The van der Waals surface area contributed by atoms with Crippen LogP contribution in [0.5, 0.6) is 0 Å². The lowest BCUT2D eigenvalue weighted by Gasteiger charge is -2.22. The predicted octanol–water partition coefficient (Wildman–Crippen LogP) is 5.01. The van der Waals surface area contributed by atoms with Crippen LogP contribution >= 0.6 is 0 Å². The second-order valence-corrected chi connectivity index (χ2v) is 5.36. The fourth-order valence-electron chi connectivity index (χ4n) is 2.43. The van der Waals surface area contributed by atoms with Gasteiger partial charge in [0.25, 0.3) is 0 Å². The zero-order valence-electron chi connectivity index (χ0n) is 13.4. The van der Waals surface area contributed by atoms with Gasteiger partial charge in [-0.3, -0.25) is 0 Å². The van der Waals surface area contributed by atoms with E-state index in [2.05, 4.69) is 31.3 Å². The summed E-state index contributed by atoms with van der Waals surface area (Å²) in [5.41, 5.74) is 3.17. The molecule has 0 unspecified atom stereocenters.